The number of carbonyl (C=O) groups is 1. The van der Waals surface area contributed by atoms with Gasteiger partial charge in [-0.15, -0.1) is 0 Å². The molecule has 0 radical (unpaired) electrons. The Labute approximate surface area is 120 Å². The van der Waals surface area contributed by atoms with Crippen molar-refractivity contribution in [1.82, 2.24) is 9.55 Å². The number of nitrogens with zero attached hydrogens (tertiary/aromatic N) is 2. The van der Waals surface area contributed by atoms with Crippen LogP contribution >= 0.6 is 0 Å². The molecule has 0 aliphatic heterocycles. The molecule has 2 aromatic heterocycles. The number of pyridine rings is 2. The van der Waals surface area contributed by atoms with Crippen molar-refractivity contribution in [2.24, 2.45) is 0 Å². The monoisotopic (exact) mass is 292 g/mol. The van der Waals surface area contributed by atoms with Crippen LogP contribution in [0.2, 0.25) is 0 Å². The fourth-order valence-corrected chi connectivity index (χ4v) is 1.86. The molecule has 0 aliphatic carbocycles. The predicted molar refractivity (Wildman–Crippen MR) is 75.7 cm³/mol. The number of hydrogen-bond donors (Lipinski definition) is 1. The molecule has 1 N–H and O–H groups in total. The third-order valence-electron chi connectivity index (χ3n) is 3.08. The smallest absolute Gasteiger partial charge is 0.326 e. The van der Waals surface area contributed by atoms with Gasteiger partial charge in [0.05, 0.1) is 23.7 Å². The van der Waals surface area contributed by atoms with E-state index in [1.54, 1.807) is 19.2 Å². The van der Waals surface area contributed by atoms with Gasteiger partial charge in [0, 0.05) is 13.3 Å². The molecule has 112 valence electrons. The maximum Gasteiger partial charge on any atom is 0.326 e. The van der Waals surface area contributed by atoms with Gasteiger partial charge in [0.15, 0.2) is 0 Å². The molecule has 2 rings (SSSR count). The normalized spacial score (nSPS) is 12.3. The standard InChI is InChI=1S/C14H16N2O5/c1-9(14(18)19)16-4-3-12-11(13(16)17)7-10(8-15-12)21-6-5-20-2/h3-4,7-9H,5-6H2,1-2H3,(H,18,19)/t9-/m1/s1. The summed E-state index contributed by atoms with van der Waals surface area (Å²) in [5.41, 5.74) is 0.0834. The molecule has 21 heavy (non-hydrogen) atoms. The van der Waals surface area contributed by atoms with Gasteiger partial charge in [0.1, 0.15) is 18.4 Å². The van der Waals surface area contributed by atoms with E-state index in [0.717, 1.165) is 4.57 Å². The maximum absolute atomic E-state index is 12.3. The zero-order valence-corrected chi connectivity index (χ0v) is 11.8. The van der Waals surface area contributed by atoms with Gasteiger partial charge in [-0.05, 0) is 19.1 Å². The zero-order chi connectivity index (χ0) is 15.4. The van der Waals surface area contributed by atoms with Crippen LogP contribution in [-0.4, -0.2) is 41.0 Å². The third-order valence-corrected chi connectivity index (χ3v) is 3.08. The summed E-state index contributed by atoms with van der Waals surface area (Å²) in [6.07, 6.45) is 2.95. The molecule has 0 saturated carbocycles. The molecular formula is C14H16N2O5. The van der Waals surface area contributed by atoms with E-state index in [-0.39, 0.29) is 0 Å². The Kier molecular flexibility index (Phi) is 4.54. The lowest BCUT2D eigenvalue weighted by molar-refractivity contribution is -0.140. The Morgan fingerprint density at radius 2 is 2.24 bits per heavy atom. The fraction of sp³-hybridized carbons (Fsp3) is 0.357. The molecule has 1 atom stereocenters. The van der Waals surface area contributed by atoms with E-state index in [1.807, 2.05) is 0 Å². The molecular weight excluding hydrogens is 276 g/mol. The topological polar surface area (TPSA) is 90.7 Å². The number of carboxylic acids is 1. The SMILES string of the molecule is COCCOc1cnc2ccn([C@H](C)C(=O)O)c(=O)c2c1. The van der Waals surface area contributed by atoms with E-state index in [4.69, 9.17) is 14.6 Å². The maximum atomic E-state index is 12.3. The number of methoxy groups -OCH3 is 1. The van der Waals surface area contributed by atoms with Gasteiger partial charge in [-0.1, -0.05) is 0 Å². The van der Waals surface area contributed by atoms with Crippen LogP contribution in [0.4, 0.5) is 0 Å². The minimum Gasteiger partial charge on any atom is -0.490 e. The van der Waals surface area contributed by atoms with Crippen molar-refractivity contribution in [2.45, 2.75) is 13.0 Å². The van der Waals surface area contributed by atoms with Crippen molar-refractivity contribution >= 4 is 16.9 Å². The molecule has 2 heterocycles. The first-order valence-electron chi connectivity index (χ1n) is 6.40. The van der Waals surface area contributed by atoms with Crippen LogP contribution in [0.5, 0.6) is 5.75 Å². The van der Waals surface area contributed by atoms with E-state index < -0.39 is 17.6 Å². The van der Waals surface area contributed by atoms with Crippen molar-refractivity contribution in [3.63, 3.8) is 0 Å². The lowest BCUT2D eigenvalue weighted by atomic mass is 10.2. The second kappa shape index (κ2) is 6.36. The highest BCUT2D eigenvalue weighted by molar-refractivity contribution is 5.79. The van der Waals surface area contributed by atoms with E-state index in [2.05, 4.69) is 4.98 Å². The van der Waals surface area contributed by atoms with Gasteiger partial charge in [-0.25, -0.2) is 4.79 Å². The quantitative estimate of drug-likeness (QED) is 0.801. The van der Waals surface area contributed by atoms with Gasteiger partial charge >= 0.3 is 5.97 Å². The number of aromatic nitrogens is 2. The summed E-state index contributed by atoms with van der Waals surface area (Å²) in [7, 11) is 1.56. The minimum absolute atomic E-state index is 0.320. The molecule has 0 aliphatic rings. The highest BCUT2D eigenvalue weighted by Gasteiger charge is 2.16. The number of ether oxygens (including phenoxy) is 2. The molecule has 7 heteroatoms. The van der Waals surface area contributed by atoms with Crippen LogP contribution in [0, 0.1) is 0 Å². The van der Waals surface area contributed by atoms with Crippen LogP contribution in [0.3, 0.4) is 0 Å². The molecule has 0 bridgehead atoms. The molecule has 0 unspecified atom stereocenters. The van der Waals surface area contributed by atoms with E-state index in [9.17, 15) is 9.59 Å². The minimum atomic E-state index is -1.07. The van der Waals surface area contributed by atoms with Crippen LogP contribution < -0.4 is 10.3 Å². The molecule has 0 fully saturated rings. The second-order valence-electron chi connectivity index (χ2n) is 4.49. The fourth-order valence-electron chi connectivity index (χ4n) is 1.86. The van der Waals surface area contributed by atoms with Gasteiger partial charge in [0.2, 0.25) is 0 Å². The molecule has 0 amide bonds. The van der Waals surface area contributed by atoms with Crippen LogP contribution in [0.15, 0.2) is 29.3 Å². The lowest BCUT2D eigenvalue weighted by Gasteiger charge is -2.11. The van der Waals surface area contributed by atoms with Crippen molar-refractivity contribution in [2.75, 3.05) is 20.3 Å². The predicted octanol–water partition coefficient (Wildman–Crippen LogP) is 1.07. The van der Waals surface area contributed by atoms with E-state index in [1.165, 1.54) is 19.3 Å². The largest absolute Gasteiger partial charge is 0.490 e. The zero-order valence-electron chi connectivity index (χ0n) is 11.8. The summed E-state index contributed by atoms with van der Waals surface area (Å²) in [4.78, 5) is 27.5. The van der Waals surface area contributed by atoms with E-state index >= 15 is 0 Å². The Hall–Kier alpha value is -2.41. The number of rotatable bonds is 6. The second-order valence-corrected chi connectivity index (χ2v) is 4.49. The van der Waals surface area contributed by atoms with Crippen molar-refractivity contribution in [3.05, 3.63) is 34.9 Å². The third kappa shape index (κ3) is 3.19. The summed E-state index contributed by atoms with van der Waals surface area (Å²) in [6, 6.07) is 2.22. The molecule has 0 aromatic carbocycles. The average molecular weight is 292 g/mol. The van der Waals surface area contributed by atoms with E-state index in [0.29, 0.717) is 29.9 Å². The number of carboxylic acid groups (broad SMARTS) is 1. The Balaban J connectivity index is 2.42. The highest BCUT2D eigenvalue weighted by atomic mass is 16.5. The van der Waals surface area contributed by atoms with Gasteiger partial charge in [-0.2, -0.15) is 0 Å². The molecule has 7 nitrogen and oxygen atoms in total. The number of hydrogen-bond acceptors (Lipinski definition) is 5. The number of fused-ring (bicyclic) bond motifs is 1. The van der Waals surface area contributed by atoms with Crippen molar-refractivity contribution < 1.29 is 19.4 Å². The van der Waals surface area contributed by atoms with Crippen LogP contribution in [-0.2, 0) is 9.53 Å². The lowest BCUT2D eigenvalue weighted by Crippen LogP contribution is -2.27. The summed E-state index contributed by atoms with van der Waals surface area (Å²) in [5.74, 6) is -0.630. The molecule has 0 spiro atoms. The van der Waals surface area contributed by atoms with Crippen molar-refractivity contribution in [1.29, 1.82) is 0 Å². The Bertz CT molecular complexity index is 710. The molecule has 0 saturated heterocycles. The van der Waals surface area contributed by atoms with Gasteiger partial charge < -0.3 is 19.1 Å². The first-order chi connectivity index (χ1) is 10.0. The molecule has 2 aromatic rings. The highest BCUT2D eigenvalue weighted by Crippen LogP contribution is 2.16. The summed E-state index contributed by atoms with van der Waals surface area (Å²) < 4.78 is 11.4. The van der Waals surface area contributed by atoms with Gasteiger partial charge in [-0.3, -0.25) is 9.78 Å². The Morgan fingerprint density at radius 3 is 2.90 bits per heavy atom. The average Bonchev–Trinajstić information content (AvgIpc) is 2.47. The first kappa shape index (κ1) is 15.0. The summed E-state index contributed by atoms with van der Waals surface area (Å²) in [6.45, 7) is 2.21. The summed E-state index contributed by atoms with van der Waals surface area (Å²) >= 11 is 0. The first-order valence-corrected chi connectivity index (χ1v) is 6.40. The number of aliphatic carboxylic acids is 1. The van der Waals surface area contributed by atoms with Crippen molar-refractivity contribution in [3.8, 4) is 5.75 Å². The summed E-state index contributed by atoms with van der Waals surface area (Å²) in [5, 5.41) is 9.34. The Morgan fingerprint density at radius 1 is 1.48 bits per heavy atom. The van der Waals surface area contributed by atoms with Crippen LogP contribution in [0.25, 0.3) is 10.9 Å². The van der Waals surface area contributed by atoms with Crippen LogP contribution in [0.1, 0.15) is 13.0 Å². The van der Waals surface area contributed by atoms with Gasteiger partial charge in [0.25, 0.3) is 5.56 Å².